The fourth-order valence-corrected chi connectivity index (χ4v) is 1.74. The van der Waals surface area contributed by atoms with Crippen molar-refractivity contribution >= 4 is 0 Å². The van der Waals surface area contributed by atoms with Crippen LogP contribution in [0, 0.1) is 12.8 Å². The summed E-state index contributed by atoms with van der Waals surface area (Å²) in [5.41, 5.74) is 2.86. The summed E-state index contributed by atoms with van der Waals surface area (Å²) < 4.78 is 0. The first kappa shape index (κ1) is 7.90. The minimum absolute atomic E-state index is 1.09. The Morgan fingerprint density at radius 2 is 2.33 bits per heavy atom. The van der Waals surface area contributed by atoms with Gasteiger partial charge in [0.25, 0.3) is 0 Å². The summed E-state index contributed by atoms with van der Waals surface area (Å²) in [5.74, 6) is 1.09. The molecule has 0 unspecified atom stereocenters. The van der Waals surface area contributed by atoms with Gasteiger partial charge in [0.2, 0.25) is 0 Å². The monoisotopic (exact) mass is 163 g/mol. The number of aromatic amines is 1. The summed E-state index contributed by atoms with van der Waals surface area (Å²) in [5, 5.41) is 0. The van der Waals surface area contributed by atoms with Gasteiger partial charge in [-0.3, -0.25) is 0 Å². The summed E-state index contributed by atoms with van der Waals surface area (Å²) in [4.78, 5) is 3.22. The second kappa shape index (κ2) is 3.34. The summed E-state index contributed by atoms with van der Waals surface area (Å²) in [6.07, 6.45) is 9.12. The van der Waals surface area contributed by atoms with E-state index in [0.29, 0.717) is 0 Å². The fraction of sp³-hybridized carbons (Fsp3) is 0.636. The van der Waals surface area contributed by atoms with Crippen molar-refractivity contribution < 1.29 is 0 Å². The maximum Gasteiger partial charge on any atom is 0.0148 e. The number of hydrogen-bond donors (Lipinski definition) is 1. The predicted octanol–water partition coefficient (Wildman–Crippen LogP) is 3.06. The van der Waals surface area contributed by atoms with E-state index < -0.39 is 0 Å². The molecular weight excluding hydrogens is 146 g/mol. The molecule has 1 heteroatoms. The van der Waals surface area contributed by atoms with Crippen LogP contribution in [0.2, 0.25) is 0 Å². The zero-order valence-electron chi connectivity index (χ0n) is 7.77. The van der Waals surface area contributed by atoms with E-state index in [-0.39, 0.29) is 0 Å². The molecule has 1 nitrogen and oxygen atoms in total. The van der Waals surface area contributed by atoms with Crippen LogP contribution in [0.4, 0.5) is 0 Å². The van der Waals surface area contributed by atoms with Crippen molar-refractivity contribution in [2.75, 3.05) is 0 Å². The Bertz CT molecular complexity index is 245. The van der Waals surface area contributed by atoms with Crippen molar-refractivity contribution in [2.45, 2.75) is 39.0 Å². The van der Waals surface area contributed by atoms with Gasteiger partial charge in [-0.05, 0) is 37.3 Å². The third kappa shape index (κ3) is 1.90. The Morgan fingerprint density at radius 1 is 1.50 bits per heavy atom. The third-order valence-corrected chi connectivity index (χ3v) is 2.82. The Morgan fingerprint density at radius 3 is 2.92 bits per heavy atom. The molecule has 1 fully saturated rings. The molecular formula is C11H17N. The molecule has 0 bridgehead atoms. The molecule has 1 aliphatic carbocycles. The predicted molar refractivity (Wildman–Crippen MR) is 51.2 cm³/mol. The van der Waals surface area contributed by atoms with Crippen LogP contribution in [0.25, 0.3) is 0 Å². The second-order valence-electron chi connectivity index (χ2n) is 3.96. The molecule has 66 valence electrons. The van der Waals surface area contributed by atoms with Crippen LogP contribution in [0.1, 0.15) is 36.9 Å². The van der Waals surface area contributed by atoms with E-state index in [1.54, 1.807) is 0 Å². The summed E-state index contributed by atoms with van der Waals surface area (Å²) in [6, 6.07) is 2.21. The van der Waals surface area contributed by atoms with E-state index in [1.807, 2.05) is 6.20 Å². The highest BCUT2D eigenvalue weighted by molar-refractivity contribution is 5.18. The minimum Gasteiger partial charge on any atom is -0.365 e. The number of nitrogens with one attached hydrogen (secondary N) is 1. The standard InChI is InChI=1S/C11H17N/c1-9-11(7-8-12-9)4-2-3-10-5-6-10/h7-8,10,12H,2-6H2,1H3. The Balaban J connectivity index is 1.75. The van der Waals surface area contributed by atoms with E-state index >= 15 is 0 Å². The molecule has 1 aliphatic rings. The molecule has 1 aromatic rings. The van der Waals surface area contributed by atoms with Crippen LogP contribution >= 0.6 is 0 Å². The fourth-order valence-electron chi connectivity index (χ4n) is 1.74. The number of H-pyrrole nitrogens is 1. The van der Waals surface area contributed by atoms with Crippen molar-refractivity contribution in [3.05, 3.63) is 23.5 Å². The van der Waals surface area contributed by atoms with Gasteiger partial charge in [0.15, 0.2) is 0 Å². The average Bonchev–Trinajstić information content (AvgIpc) is 2.78. The largest absolute Gasteiger partial charge is 0.365 e. The highest BCUT2D eigenvalue weighted by atomic mass is 14.7. The molecule has 1 saturated carbocycles. The molecule has 0 spiro atoms. The molecule has 1 N–H and O–H groups in total. The molecule has 1 heterocycles. The average molecular weight is 163 g/mol. The molecule has 0 aliphatic heterocycles. The highest BCUT2D eigenvalue weighted by Crippen LogP contribution is 2.33. The SMILES string of the molecule is Cc1[nH]ccc1CCCC1CC1. The van der Waals surface area contributed by atoms with Gasteiger partial charge in [0.05, 0.1) is 0 Å². The van der Waals surface area contributed by atoms with Crippen LogP contribution in [0.5, 0.6) is 0 Å². The van der Waals surface area contributed by atoms with E-state index in [2.05, 4.69) is 18.0 Å². The van der Waals surface area contributed by atoms with Crippen molar-refractivity contribution in [1.82, 2.24) is 4.98 Å². The van der Waals surface area contributed by atoms with E-state index in [0.717, 1.165) is 5.92 Å². The topological polar surface area (TPSA) is 15.8 Å². The van der Waals surface area contributed by atoms with Gasteiger partial charge in [-0.1, -0.05) is 19.3 Å². The van der Waals surface area contributed by atoms with Gasteiger partial charge in [-0.2, -0.15) is 0 Å². The normalized spacial score (nSPS) is 16.8. The summed E-state index contributed by atoms with van der Waals surface area (Å²) >= 11 is 0. The van der Waals surface area contributed by atoms with Gasteiger partial charge in [-0.25, -0.2) is 0 Å². The van der Waals surface area contributed by atoms with Crippen LogP contribution in [-0.2, 0) is 6.42 Å². The Hall–Kier alpha value is -0.720. The first-order valence-electron chi connectivity index (χ1n) is 4.99. The molecule has 0 radical (unpaired) electrons. The first-order chi connectivity index (χ1) is 5.86. The van der Waals surface area contributed by atoms with Crippen LogP contribution in [0.3, 0.4) is 0 Å². The van der Waals surface area contributed by atoms with Gasteiger partial charge >= 0.3 is 0 Å². The van der Waals surface area contributed by atoms with Gasteiger partial charge in [0.1, 0.15) is 0 Å². The third-order valence-electron chi connectivity index (χ3n) is 2.82. The minimum atomic E-state index is 1.09. The molecule has 0 atom stereocenters. The molecule has 1 aromatic heterocycles. The quantitative estimate of drug-likeness (QED) is 0.702. The van der Waals surface area contributed by atoms with Gasteiger partial charge in [-0.15, -0.1) is 0 Å². The van der Waals surface area contributed by atoms with Crippen molar-refractivity contribution in [1.29, 1.82) is 0 Å². The summed E-state index contributed by atoms with van der Waals surface area (Å²) in [6.45, 7) is 2.16. The molecule has 12 heavy (non-hydrogen) atoms. The lowest BCUT2D eigenvalue weighted by Gasteiger charge is -1.98. The molecule has 0 amide bonds. The lowest BCUT2D eigenvalue weighted by atomic mass is 10.1. The number of rotatable bonds is 4. The number of aromatic nitrogens is 1. The smallest absolute Gasteiger partial charge is 0.0148 e. The molecule has 0 saturated heterocycles. The zero-order valence-corrected chi connectivity index (χ0v) is 7.77. The molecule has 0 aromatic carbocycles. The maximum absolute atomic E-state index is 3.22. The summed E-state index contributed by atoms with van der Waals surface area (Å²) in [7, 11) is 0. The van der Waals surface area contributed by atoms with E-state index in [9.17, 15) is 0 Å². The Labute approximate surface area is 74.2 Å². The number of aryl methyl sites for hydroxylation is 2. The second-order valence-corrected chi connectivity index (χ2v) is 3.96. The van der Waals surface area contributed by atoms with E-state index in [4.69, 9.17) is 0 Å². The van der Waals surface area contributed by atoms with Crippen LogP contribution in [0.15, 0.2) is 12.3 Å². The lowest BCUT2D eigenvalue weighted by Crippen LogP contribution is -1.87. The van der Waals surface area contributed by atoms with Crippen LogP contribution < -0.4 is 0 Å². The molecule has 2 rings (SSSR count). The van der Waals surface area contributed by atoms with Crippen molar-refractivity contribution in [2.24, 2.45) is 5.92 Å². The zero-order chi connectivity index (χ0) is 8.39. The lowest BCUT2D eigenvalue weighted by molar-refractivity contribution is 0.665. The van der Waals surface area contributed by atoms with Gasteiger partial charge < -0.3 is 4.98 Å². The van der Waals surface area contributed by atoms with Gasteiger partial charge in [0, 0.05) is 11.9 Å². The van der Waals surface area contributed by atoms with Crippen molar-refractivity contribution in [3.63, 3.8) is 0 Å². The highest BCUT2D eigenvalue weighted by Gasteiger charge is 2.20. The van der Waals surface area contributed by atoms with Crippen molar-refractivity contribution in [3.8, 4) is 0 Å². The number of hydrogen-bond acceptors (Lipinski definition) is 0. The van der Waals surface area contributed by atoms with E-state index in [1.165, 1.54) is 43.4 Å². The Kier molecular flexibility index (Phi) is 2.20. The maximum atomic E-state index is 3.22. The van der Waals surface area contributed by atoms with Crippen LogP contribution in [-0.4, -0.2) is 4.98 Å². The first-order valence-corrected chi connectivity index (χ1v) is 4.99.